The first-order valence-corrected chi connectivity index (χ1v) is 8.82. The van der Waals surface area contributed by atoms with Crippen LogP contribution in [0.25, 0.3) is 0 Å². The summed E-state index contributed by atoms with van der Waals surface area (Å²) in [6.45, 7) is 3.71. The van der Waals surface area contributed by atoms with E-state index in [0.29, 0.717) is 11.4 Å². The Bertz CT molecular complexity index is 801. The van der Waals surface area contributed by atoms with Gasteiger partial charge in [0.15, 0.2) is 0 Å². The molecule has 144 valence electrons. The van der Waals surface area contributed by atoms with Crippen LogP contribution in [0.3, 0.4) is 0 Å². The van der Waals surface area contributed by atoms with Gasteiger partial charge in [0.05, 0.1) is 12.8 Å². The second-order valence-corrected chi connectivity index (χ2v) is 6.59. The number of nitrogens with one attached hydrogen (secondary N) is 1. The van der Waals surface area contributed by atoms with Crippen LogP contribution in [0.4, 0.5) is 17.1 Å². The number of ether oxygens (including phenoxy) is 1. The Labute approximate surface area is 160 Å². The summed E-state index contributed by atoms with van der Waals surface area (Å²) in [6.07, 6.45) is 0.187. The van der Waals surface area contributed by atoms with Crippen LogP contribution in [0.5, 0.6) is 5.75 Å². The van der Waals surface area contributed by atoms with Crippen molar-refractivity contribution in [2.45, 2.75) is 20.3 Å². The zero-order valence-corrected chi connectivity index (χ0v) is 16.6. The monoisotopic (exact) mass is 369 g/mol. The molecule has 6 heteroatoms. The fraction of sp³-hybridized carbons (Fsp3) is 0.333. The van der Waals surface area contributed by atoms with Crippen molar-refractivity contribution in [3.05, 3.63) is 48.0 Å². The molecule has 0 bridgehead atoms. The number of hydrogen-bond donors (Lipinski definition) is 1. The largest absolute Gasteiger partial charge is 0.495 e. The first kappa shape index (κ1) is 20.3. The van der Waals surface area contributed by atoms with E-state index in [4.69, 9.17) is 4.74 Å². The van der Waals surface area contributed by atoms with E-state index >= 15 is 0 Å². The van der Waals surface area contributed by atoms with E-state index in [1.165, 1.54) is 6.92 Å². The molecule has 0 atom stereocenters. The number of benzene rings is 2. The molecule has 2 aromatic carbocycles. The molecule has 0 aliphatic rings. The summed E-state index contributed by atoms with van der Waals surface area (Å²) in [5.74, 6) is 0.322. The molecule has 0 saturated heterocycles. The van der Waals surface area contributed by atoms with Crippen molar-refractivity contribution < 1.29 is 14.3 Å². The Kier molecular flexibility index (Phi) is 6.82. The molecule has 0 spiro atoms. The Morgan fingerprint density at radius 2 is 1.74 bits per heavy atom. The molecule has 0 radical (unpaired) electrons. The first-order valence-electron chi connectivity index (χ1n) is 8.82. The second kappa shape index (κ2) is 9.07. The van der Waals surface area contributed by atoms with Gasteiger partial charge >= 0.3 is 0 Å². The third kappa shape index (κ3) is 5.48. The van der Waals surface area contributed by atoms with Crippen molar-refractivity contribution in [3.63, 3.8) is 0 Å². The number of aryl methyl sites for hydroxylation is 1. The molecule has 0 saturated carbocycles. The average Bonchev–Trinajstić information content (AvgIpc) is 2.62. The van der Waals surface area contributed by atoms with E-state index in [2.05, 4.69) is 5.32 Å². The minimum atomic E-state index is -0.148. The van der Waals surface area contributed by atoms with E-state index in [-0.39, 0.29) is 24.8 Å². The van der Waals surface area contributed by atoms with Crippen molar-refractivity contribution in [2.24, 2.45) is 0 Å². The van der Waals surface area contributed by atoms with Gasteiger partial charge in [0.2, 0.25) is 11.8 Å². The number of anilines is 3. The number of amides is 2. The summed E-state index contributed by atoms with van der Waals surface area (Å²) in [7, 11) is 5.49. The van der Waals surface area contributed by atoms with Crippen LogP contribution in [0.15, 0.2) is 42.5 Å². The highest BCUT2D eigenvalue weighted by molar-refractivity contribution is 5.96. The summed E-state index contributed by atoms with van der Waals surface area (Å²) < 4.78 is 5.37. The van der Waals surface area contributed by atoms with Crippen LogP contribution in [0.2, 0.25) is 0 Å². The second-order valence-electron chi connectivity index (χ2n) is 6.59. The molecule has 2 aromatic rings. The van der Waals surface area contributed by atoms with E-state index in [1.807, 2.05) is 68.4 Å². The summed E-state index contributed by atoms with van der Waals surface area (Å²) in [5, 5.41) is 2.87. The lowest BCUT2D eigenvalue weighted by molar-refractivity contribution is -0.117. The molecule has 0 unspecified atom stereocenters. The summed E-state index contributed by atoms with van der Waals surface area (Å²) in [5.41, 5.74) is 3.48. The molecule has 0 heterocycles. The fourth-order valence-corrected chi connectivity index (χ4v) is 2.74. The van der Waals surface area contributed by atoms with Crippen LogP contribution in [0, 0.1) is 6.92 Å². The topological polar surface area (TPSA) is 61.9 Å². The first-order chi connectivity index (χ1) is 12.8. The number of rotatable bonds is 7. The van der Waals surface area contributed by atoms with Gasteiger partial charge in [-0.3, -0.25) is 9.59 Å². The standard InChI is InChI=1S/C21H27N3O3/c1-15-6-11-20(27-5)19(14-15)24(16(2)25)13-12-21(26)22-17-7-9-18(10-8-17)23(3)4/h6-11,14H,12-13H2,1-5H3,(H,22,26). The Morgan fingerprint density at radius 3 is 2.30 bits per heavy atom. The zero-order valence-electron chi connectivity index (χ0n) is 16.6. The normalized spacial score (nSPS) is 10.3. The van der Waals surface area contributed by atoms with Gasteiger partial charge in [0.25, 0.3) is 0 Å². The van der Waals surface area contributed by atoms with Crippen LogP contribution < -0.4 is 19.9 Å². The van der Waals surface area contributed by atoms with Gasteiger partial charge in [0, 0.05) is 45.4 Å². The Hall–Kier alpha value is -3.02. The smallest absolute Gasteiger partial charge is 0.226 e. The molecule has 0 aromatic heterocycles. The maximum Gasteiger partial charge on any atom is 0.226 e. The van der Waals surface area contributed by atoms with Gasteiger partial charge in [0.1, 0.15) is 5.75 Å². The maximum atomic E-state index is 12.3. The lowest BCUT2D eigenvalue weighted by Gasteiger charge is -2.23. The summed E-state index contributed by atoms with van der Waals surface area (Å²) in [4.78, 5) is 28.0. The zero-order chi connectivity index (χ0) is 20.0. The Balaban J connectivity index is 2.04. The highest BCUT2D eigenvalue weighted by atomic mass is 16.5. The molecule has 0 fully saturated rings. The third-order valence-electron chi connectivity index (χ3n) is 4.24. The number of carbonyl (C=O) groups excluding carboxylic acids is 2. The molecule has 27 heavy (non-hydrogen) atoms. The minimum Gasteiger partial charge on any atom is -0.495 e. The fourth-order valence-electron chi connectivity index (χ4n) is 2.74. The third-order valence-corrected chi connectivity index (χ3v) is 4.24. The molecular formula is C21H27N3O3. The quantitative estimate of drug-likeness (QED) is 0.812. The number of nitrogens with zero attached hydrogens (tertiary/aromatic N) is 2. The molecule has 2 amide bonds. The number of hydrogen-bond acceptors (Lipinski definition) is 4. The van der Waals surface area contributed by atoms with E-state index in [0.717, 1.165) is 16.9 Å². The SMILES string of the molecule is COc1ccc(C)cc1N(CCC(=O)Nc1ccc(N(C)C)cc1)C(C)=O. The lowest BCUT2D eigenvalue weighted by atomic mass is 10.1. The van der Waals surface area contributed by atoms with Gasteiger partial charge in [-0.1, -0.05) is 6.07 Å². The minimum absolute atomic E-state index is 0.137. The van der Waals surface area contributed by atoms with Crippen molar-refractivity contribution in [1.29, 1.82) is 0 Å². The van der Waals surface area contributed by atoms with Crippen molar-refractivity contribution >= 4 is 28.9 Å². The van der Waals surface area contributed by atoms with Crippen molar-refractivity contribution in [3.8, 4) is 5.75 Å². The number of carbonyl (C=O) groups is 2. The van der Waals surface area contributed by atoms with Crippen LogP contribution in [-0.4, -0.2) is 39.6 Å². The Morgan fingerprint density at radius 1 is 1.07 bits per heavy atom. The van der Waals surface area contributed by atoms with Crippen LogP contribution >= 0.6 is 0 Å². The maximum absolute atomic E-state index is 12.3. The summed E-state index contributed by atoms with van der Waals surface area (Å²) in [6, 6.07) is 13.2. The van der Waals surface area contributed by atoms with E-state index in [9.17, 15) is 9.59 Å². The van der Waals surface area contributed by atoms with E-state index < -0.39 is 0 Å². The molecule has 2 rings (SSSR count). The van der Waals surface area contributed by atoms with Crippen LogP contribution in [0.1, 0.15) is 18.9 Å². The predicted octanol–water partition coefficient (Wildman–Crippen LogP) is 3.45. The van der Waals surface area contributed by atoms with Crippen LogP contribution in [-0.2, 0) is 9.59 Å². The molecule has 1 N–H and O–H groups in total. The van der Waals surface area contributed by atoms with Gasteiger partial charge in [-0.15, -0.1) is 0 Å². The molecule has 0 aliphatic heterocycles. The average molecular weight is 369 g/mol. The van der Waals surface area contributed by atoms with Gasteiger partial charge < -0.3 is 19.9 Å². The van der Waals surface area contributed by atoms with Gasteiger partial charge in [-0.2, -0.15) is 0 Å². The molecule has 6 nitrogen and oxygen atoms in total. The number of methoxy groups -OCH3 is 1. The molecule has 0 aliphatic carbocycles. The van der Waals surface area contributed by atoms with Crippen molar-refractivity contribution in [2.75, 3.05) is 42.9 Å². The van der Waals surface area contributed by atoms with E-state index in [1.54, 1.807) is 12.0 Å². The van der Waals surface area contributed by atoms with Gasteiger partial charge in [-0.25, -0.2) is 0 Å². The van der Waals surface area contributed by atoms with Gasteiger partial charge in [-0.05, 0) is 48.9 Å². The highest BCUT2D eigenvalue weighted by Crippen LogP contribution is 2.29. The lowest BCUT2D eigenvalue weighted by Crippen LogP contribution is -2.32. The van der Waals surface area contributed by atoms with Crippen molar-refractivity contribution in [1.82, 2.24) is 0 Å². The molecular weight excluding hydrogens is 342 g/mol. The summed E-state index contributed by atoms with van der Waals surface area (Å²) >= 11 is 0. The highest BCUT2D eigenvalue weighted by Gasteiger charge is 2.17. The predicted molar refractivity (Wildman–Crippen MR) is 110 cm³/mol.